The number of nitrogens with zero attached hydrogens (tertiary/aromatic N) is 3. The van der Waals surface area contributed by atoms with E-state index in [1.54, 1.807) is 18.2 Å². The van der Waals surface area contributed by atoms with E-state index >= 15 is 0 Å². The van der Waals surface area contributed by atoms with Crippen LogP contribution in [0.15, 0.2) is 24.3 Å². The quantitative estimate of drug-likeness (QED) is 0.912. The van der Waals surface area contributed by atoms with Gasteiger partial charge in [-0.1, -0.05) is 18.2 Å². The molecule has 3 N–H and O–H groups in total. The van der Waals surface area contributed by atoms with Crippen LogP contribution in [0.4, 0.5) is 24.8 Å². The maximum absolute atomic E-state index is 12.3. The number of nitrogens with two attached hydrogens (primary N) is 1. The molecular formula is C13H12F3N5. The molecule has 0 aliphatic heterocycles. The minimum absolute atomic E-state index is 0.00326. The number of hydrogen-bond donors (Lipinski definition) is 2. The van der Waals surface area contributed by atoms with Crippen molar-refractivity contribution in [2.45, 2.75) is 13.1 Å². The number of nitrogen functional groups attached to an aromatic ring is 1. The molecule has 0 bridgehead atoms. The summed E-state index contributed by atoms with van der Waals surface area (Å²) in [4.78, 5) is 0. The van der Waals surface area contributed by atoms with Crippen molar-refractivity contribution in [1.82, 2.24) is 9.78 Å². The summed E-state index contributed by atoms with van der Waals surface area (Å²) in [5, 5.41) is 15.1. The van der Waals surface area contributed by atoms with Crippen LogP contribution in [0.1, 0.15) is 11.1 Å². The van der Waals surface area contributed by atoms with Crippen LogP contribution in [0, 0.1) is 18.3 Å². The number of hydrogen-bond acceptors (Lipinski definition) is 4. The van der Waals surface area contributed by atoms with E-state index in [1.165, 1.54) is 4.68 Å². The zero-order chi connectivity index (χ0) is 15.6. The third-order valence-corrected chi connectivity index (χ3v) is 2.83. The predicted octanol–water partition coefficient (Wildman–Crippen LogP) is 2.61. The van der Waals surface area contributed by atoms with E-state index in [4.69, 9.17) is 11.0 Å². The fraction of sp³-hybridized carbons (Fsp3) is 0.231. The highest BCUT2D eigenvalue weighted by atomic mass is 19.4. The number of halogens is 3. The van der Waals surface area contributed by atoms with Gasteiger partial charge in [-0.05, 0) is 18.6 Å². The van der Waals surface area contributed by atoms with E-state index in [1.807, 2.05) is 19.1 Å². The van der Waals surface area contributed by atoms with Gasteiger partial charge < -0.3 is 11.1 Å². The van der Waals surface area contributed by atoms with E-state index in [-0.39, 0.29) is 17.2 Å². The maximum atomic E-state index is 12.3. The van der Waals surface area contributed by atoms with Gasteiger partial charge in [0.2, 0.25) is 0 Å². The van der Waals surface area contributed by atoms with Gasteiger partial charge in [0.05, 0.1) is 5.69 Å². The summed E-state index contributed by atoms with van der Waals surface area (Å²) in [6, 6.07) is 8.86. The van der Waals surface area contributed by atoms with E-state index in [2.05, 4.69) is 10.4 Å². The summed E-state index contributed by atoms with van der Waals surface area (Å²) >= 11 is 0. The molecule has 2 aromatic rings. The first kappa shape index (κ1) is 14.7. The molecule has 1 aromatic heterocycles. The van der Waals surface area contributed by atoms with Crippen LogP contribution >= 0.6 is 0 Å². The number of nitrogens with one attached hydrogen (secondary N) is 1. The average molecular weight is 295 g/mol. The first-order valence-corrected chi connectivity index (χ1v) is 5.98. The smallest absolute Gasteiger partial charge is 0.382 e. The second-order valence-electron chi connectivity index (χ2n) is 4.39. The van der Waals surface area contributed by atoms with Crippen molar-refractivity contribution in [1.29, 1.82) is 5.26 Å². The van der Waals surface area contributed by atoms with Crippen molar-refractivity contribution in [3.05, 3.63) is 35.4 Å². The van der Waals surface area contributed by atoms with Crippen molar-refractivity contribution < 1.29 is 13.2 Å². The third-order valence-electron chi connectivity index (χ3n) is 2.83. The Morgan fingerprint density at radius 3 is 2.62 bits per heavy atom. The second-order valence-corrected chi connectivity index (χ2v) is 4.39. The molecule has 0 atom stereocenters. The molecule has 0 amide bonds. The average Bonchev–Trinajstić information content (AvgIpc) is 2.72. The van der Waals surface area contributed by atoms with Gasteiger partial charge in [-0.2, -0.15) is 18.4 Å². The summed E-state index contributed by atoms with van der Waals surface area (Å²) in [6.45, 7) is 0.525. The number of benzene rings is 1. The lowest BCUT2D eigenvalue weighted by Crippen LogP contribution is -2.22. The van der Waals surface area contributed by atoms with Gasteiger partial charge in [0.15, 0.2) is 5.82 Å². The molecule has 1 heterocycles. The minimum atomic E-state index is -4.41. The zero-order valence-electron chi connectivity index (χ0n) is 11.1. The van der Waals surface area contributed by atoms with E-state index in [0.29, 0.717) is 5.69 Å². The molecule has 0 spiro atoms. The molecule has 8 heteroatoms. The molecule has 0 saturated carbocycles. The summed E-state index contributed by atoms with van der Waals surface area (Å²) in [6.07, 6.45) is -4.41. The van der Waals surface area contributed by atoms with Crippen LogP contribution in [0.25, 0.3) is 5.69 Å². The number of aryl methyl sites for hydroxylation is 1. The molecule has 110 valence electrons. The summed E-state index contributed by atoms with van der Waals surface area (Å²) in [5.41, 5.74) is 7.14. The molecule has 0 saturated heterocycles. The van der Waals surface area contributed by atoms with Crippen LogP contribution < -0.4 is 11.1 Å². The summed E-state index contributed by atoms with van der Waals surface area (Å²) in [7, 11) is 0. The molecule has 1 aromatic carbocycles. The highest BCUT2D eigenvalue weighted by Crippen LogP contribution is 2.26. The van der Waals surface area contributed by atoms with Gasteiger partial charge >= 0.3 is 6.18 Å². The molecule has 5 nitrogen and oxygen atoms in total. The molecule has 0 fully saturated rings. The largest absolute Gasteiger partial charge is 0.405 e. The van der Waals surface area contributed by atoms with Crippen molar-refractivity contribution in [3.8, 4) is 11.8 Å². The molecule has 0 unspecified atom stereocenters. The minimum Gasteiger partial charge on any atom is -0.382 e. The highest BCUT2D eigenvalue weighted by molar-refractivity contribution is 5.66. The van der Waals surface area contributed by atoms with Crippen molar-refractivity contribution in [3.63, 3.8) is 0 Å². The van der Waals surface area contributed by atoms with Crippen LogP contribution in [0.5, 0.6) is 0 Å². The van der Waals surface area contributed by atoms with Gasteiger partial charge in [-0.25, -0.2) is 4.68 Å². The molecule has 0 aliphatic carbocycles. The molecule has 0 aliphatic rings. The lowest BCUT2D eigenvalue weighted by Gasteiger charge is -2.07. The second kappa shape index (κ2) is 5.36. The predicted molar refractivity (Wildman–Crippen MR) is 72.0 cm³/mol. The Morgan fingerprint density at radius 1 is 1.38 bits per heavy atom. The Bertz CT molecular complexity index is 697. The lowest BCUT2D eigenvalue weighted by atomic mass is 10.2. The maximum Gasteiger partial charge on any atom is 0.405 e. The SMILES string of the molecule is Cc1ccccc1-n1nc(NCC(F)(F)F)c(C#N)c1N. The number of nitriles is 1. The number of aromatic nitrogens is 2. The Hall–Kier alpha value is -2.69. The summed E-state index contributed by atoms with van der Waals surface area (Å²) in [5.74, 6) is -0.188. The highest BCUT2D eigenvalue weighted by Gasteiger charge is 2.28. The van der Waals surface area contributed by atoms with Gasteiger partial charge in [0.1, 0.15) is 24.0 Å². The first-order chi connectivity index (χ1) is 9.83. The Kier molecular flexibility index (Phi) is 3.76. The van der Waals surface area contributed by atoms with Crippen LogP contribution in [0.2, 0.25) is 0 Å². The first-order valence-electron chi connectivity index (χ1n) is 5.98. The normalized spacial score (nSPS) is 11.2. The molecule has 21 heavy (non-hydrogen) atoms. The van der Waals surface area contributed by atoms with Crippen LogP contribution in [-0.4, -0.2) is 22.5 Å². The fourth-order valence-corrected chi connectivity index (χ4v) is 1.83. The van der Waals surface area contributed by atoms with Crippen LogP contribution in [0.3, 0.4) is 0 Å². The Balaban J connectivity index is 2.44. The lowest BCUT2D eigenvalue weighted by molar-refractivity contribution is -0.115. The Morgan fingerprint density at radius 2 is 2.05 bits per heavy atom. The zero-order valence-corrected chi connectivity index (χ0v) is 11.1. The van der Waals surface area contributed by atoms with Crippen LogP contribution in [-0.2, 0) is 0 Å². The topological polar surface area (TPSA) is 79.7 Å². The van der Waals surface area contributed by atoms with Crippen molar-refractivity contribution in [2.24, 2.45) is 0 Å². The van der Waals surface area contributed by atoms with E-state index in [9.17, 15) is 13.2 Å². The Labute approximate surface area is 118 Å². The van der Waals surface area contributed by atoms with Gasteiger partial charge in [0, 0.05) is 0 Å². The third kappa shape index (κ3) is 3.08. The molecular weight excluding hydrogens is 283 g/mol. The fourth-order valence-electron chi connectivity index (χ4n) is 1.83. The number of anilines is 2. The number of para-hydroxylation sites is 1. The monoisotopic (exact) mass is 295 g/mol. The molecule has 0 radical (unpaired) electrons. The van der Waals surface area contributed by atoms with Gasteiger partial charge in [0.25, 0.3) is 0 Å². The number of alkyl halides is 3. The van der Waals surface area contributed by atoms with Crippen molar-refractivity contribution >= 4 is 11.6 Å². The summed E-state index contributed by atoms with van der Waals surface area (Å²) < 4.78 is 38.0. The van der Waals surface area contributed by atoms with Crippen molar-refractivity contribution in [2.75, 3.05) is 17.6 Å². The standard InChI is InChI=1S/C13H12F3N5/c1-8-4-2-3-5-10(8)21-11(18)9(6-17)12(20-21)19-7-13(14,15)16/h2-5H,7,18H2,1H3,(H,19,20). The van der Waals surface area contributed by atoms with E-state index in [0.717, 1.165) is 5.56 Å². The van der Waals surface area contributed by atoms with E-state index < -0.39 is 12.7 Å². The van der Waals surface area contributed by atoms with Gasteiger partial charge in [-0.3, -0.25) is 0 Å². The number of rotatable bonds is 3. The van der Waals surface area contributed by atoms with Gasteiger partial charge in [-0.15, -0.1) is 5.10 Å². The molecule has 2 rings (SSSR count).